The number of fused-ring (bicyclic) bond motifs is 1. The lowest BCUT2D eigenvalue weighted by molar-refractivity contribution is -0.134. The van der Waals surface area contributed by atoms with Crippen LogP contribution < -0.4 is 11.1 Å². The Kier molecular flexibility index (Phi) is 5.84. The zero-order valence-corrected chi connectivity index (χ0v) is 15.1. The lowest BCUT2D eigenvalue weighted by Gasteiger charge is -2.21. The molecule has 0 aliphatic rings. The summed E-state index contributed by atoms with van der Waals surface area (Å²) in [4.78, 5) is 24.7. The van der Waals surface area contributed by atoms with Gasteiger partial charge < -0.3 is 15.8 Å². The molecule has 0 aromatic heterocycles. The minimum absolute atomic E-state index is 0.313. The number of rotatable bonds is 7. The third-order valence-corrected chi connectivity index (χ3v) is 4.54. The second-order valence-electron chi connectivity index (χ2n) is 6.33. The number of methoxy groups -OCH3 is 1. The van der Waals surface area contributed by atoms with Crippen LogP contribution in [0.2, 0.25) is 0 Å². The number of amides is 2. The second kappa shape index (κ2) is 8.47. The highest BCUT2D eigenvalue weighted by Crippen LogP contribution is 2.21. The van der Waals surface area contributed by atoms with E-state index in [4.69, 9.17) is 10.5 Å². The molecule has 3 aromatic carbocycles. The van der Waals surface area contributed by atoms with Gasteiger partial charge in [0.05, 0.1) is 0 Å². The lowest BCUT2D eigenvalue weighted by atomic mass is 9.98. The molecule has 0 radical (unpaired) electrons. The summed E-state index contributed by atoms with van der Waals surface area (Å²) in [6, 6.07) is 22.1. The maximum absolute atomic E-state index is 12.7. The fourth-order valence-corrected chi connectivity index (χ4v) is 3.18. The van der Waals surface area contributed by atoms with Crippen molar-refractivity contribution in [1.29, 1.82) is 0 Å². The van der Waals surface area contributed by atoms with Crippen molar-refractivity contribution in [2.75, 3.05) is 7.11 Å². The Labute approximate surface area is 158 Å². The molecule has 3 aromatic rings. The van der Waals surface area contributed by atoms with E-state index in [1.165, 1.54) is 7.11 Å². The molecule has 0 aliphatic heterocycles. The van der Waals surface area contributed by atoms with Crippen LogP contribution in [0.1, 0.15) is 17.2 Å². The monoisotopic (exact) mass is 362 g/mol. The second-order valence-corrected chi connectivity index (χ2v) is 6.33. The van der Waals surface area contributed by atoms with Crippen LogP contribution >= 0.6 is 0 Å². The average molecular weight is 362 g/mol. The van der Waals surface area contributed by atoms with E-state index in [0.29, 0.717) is 12.0 Å². The Bertz CT molecular complexity index is 935. The molecule has 0 heterocycles. The maximum atomic E-state index is 12.7. The van der Waals surface area contributed by atoms with Gasteiger partial charge in [-0.15, -0.1) is 0 Å². The summed E-state index contributed by atoms with van der Waals surface area (Å²) in [5.41, 5.74) is 7.23. The van der Waals surface area contributed by atoms with Gasteiger partial charge >= 0.3 is 0 Å². The molecule has 0 saturated heterocycles. The van der Waals surface area contributed by atoms with Crippen LogP contribution in [-0.2, 0) is 20.7 Å². The third kappa shape index (κ3) is 4.33. The first kappa shape index (κ1) is 18.6. The van der Waals surface area contributed by atoms with Crippen LogP contribution in [0.5, 0.6) is 0 Å². The summed E-state index contributed by atoms with van der Waals surface area (Å²) in [6.45, 7) is 0. The first-order valence-electron chi connectivity index (χ1n) is 8.74. The lowest BCUT2D eigenvalue weighted by Crippen LogP contribution is -2.47. The molecule has 0 aliphatic carbocycles. The van der Waals surface area contributed by atoms with E-state index in [-0.39, 0.29) is 0 Å². The van der Waals surface area contributed by atoms with E-state index in [1.54, 1.807) is 12.1 Å². The zero-order valence-electron chi connectivity index (χ0n) is 15.1. The Hall–Kier alpha value is -3.18. The van der Waals surface area contributed by atoms with Crippen molar-refractivity contribution in [3.8, 4) is 0 Å². The van der Waals surface area contributed by atoms with Crippen molar-refractivity contribution in [2.24, 2.45) is 5.73 Å². The third-order valence-electron chi connectivity index (χ3n) is 4.54. The molecule has 138 valence electrons. The highest BCUT2D eigenvalue weighted by molar-refractivity contribution is 5.91. The van der Waals surface area contributed by atoms with Gasteiger partial charge in [0.2, 0.25) is 5.91 Å². The molecule has 3 N–H and O–H groups in total. The first-order valence-corrected chi connectivity index (χ1v) is 8.74. The number of primary amides is 1. The summed E-state index contributed by atoms with van der Waals surface area (Å²) >= 11 is 0. The van der Waals surface area contributed by atoms with Crippen LogP contribution in [0, 0.1) is 0 Å². The number of hydrogen-bond acceptors (Lipinski definition) is 3. The molecule has 2 atom stereocenters. The van der Waals surface area contributed by atoms with Gasteiger partial charge in [0, 0.05) is 13.5 Å². The zero-order chi connectivity index (χ0) is 19.2. The van der Waals surface area contributed by atoms with E-state index in [0.717, 1.165) is 16.3 Å². The van der Waals surface area contributed by atoms with Crippen molar-refractivity contribution in [3.05, 3.63) is 83.9 Å². The Morgan fingerprint density at radius 2 is 1.63 bits per heavy atom. The number of carbonyl (C=O) groups is 2. The molecule has 5 nitrogen and oxygen atoms in total. The van der Waals surface area contributed by atoms with Crippen molar-refractivity contribution >= 4 is 22.6 Å². The maximum Gasteiger partial charge on any atom is 0.254 e. The molecule has 0 saturated carbocycles. The summed E-state index contributed by atoms with van der Waals surface area (Å²) in [5.74, 6) is -0.980. The molecule has 2 amide bonds. The molecule has 0 bridgehead atoms. The van der Waals surface area contributed by atoms with Gasteiger partial charge in [0.1, 0.15) is 6.04 Å². The number of carbonyl (C=O) groups excluding carboxylic acids is 2. The van der Waals surface area contributed by atoms with Crippen LogP contribution in [-0.4, -0.2) is 25.0 Å². The fourth-order valence-electron chi connectivity index (χ4n) is 3.18. The quantitative estimate of drug-likeness (QED) is 0.678. The SMILES string of the molecule is CO[C@H](C(=O)N[C@@H](Cc1cccc2ccccc12)C(N)=O)c1ccccc1. The van der Waals surface area contributed by atoms with Gasteiger partial charge in [0.25, 0.3) is 5.91 Å². The number of ether oxygens (including phenoxy) is 1. The Balaban J connectivity index is 1.81. The normalized spacial score (nSPS) is 13.1. The first-order chi connectivity index (χ1) is 13.1. The van der Waals surface area contributed by atoms with Gasteiger partial charge in [-0.3, -0.25) is 9.59 Å². The van der Waals surface area contributed by atoms with Gasteiger partial charge in [0.15, 0.2) is 6.10 Å². The van der Waals surface area contributed by atoms with Crippen molar-refractivity contribution in [2.45, 2.75) is 18.6 Å². The predicted octanol–water partition coefficient (Wildman–Crippen LogP) is 2.74. The van der Waals surface area contributed by atoms with Crippen molar-refractivity contribution in [3.63, 3.8) is 0 Å². The van der Waals surface area contributed by atoms with Crippen LogP contribution in [0.3, 0.4) is 0 Å². The van der Waals surface area contributed by atoms with Crippen molar-refractivity contribution in [1.82, 2.24) is 5.32 Å². The minimum Gasteiger partial charge on any atom is -0.368 e. The van der Waals surface area contributed by atoms with Crippen LogP contribution in [0.15, 0.2) is 72.8 Å². The highest BCUT2D eigenvalue weighted by Gasteiger charge is 2.25. The fraction of sp³-hybridized carbons (Fsp3) is 0.182. The Morgan fingerprint density at radius 1 is 0.963 bits per heavy atom. The minimum atomic E-state index is -0.829. The van der Waals surface area contributed by atoms with Gasteiger partial charge in [-0.25, -0.2) is 0 Å². The van der Waals surface area contributed by atoms with E-state index in [9.17, 15) is 9.59 Å². The predicted molar refractivity (Wildman–Crippen MR) is 105 cm³/mol. The summed E-state index contributed by atoms with van der Waals surface area (Å²) < 4.78 is 5.34. The molecule has 27 heavy (non-hydrogen) atoms. The number of nitrogens with two attached hydrogens (primary N) is 1. The highest BCUT2D eigenvalue weighted by atomic mass is 16.5. The summed E-state index contributed by atoms with van der Waals surface area (Å²) in [5, 5.41) is 4.85. The molecular formula is C22H22N2O3. The number of benzene rings is 3. The molecule has 5 heteroatoms. The van der Waals surface area contributed by atoms with E-state index in [2.05, 4.69) is 5.32 Å². The van der Waals surface area contributed by atoms with E-state index < -0.39 is 24.0 Å². The Morgan fingerprint density at radius 3 is 2.33 bits per heavy atom. The largest absolute Gasteiger partial charge is 0.368 e. The average Bonchev–Trinajstić information content (AvgIpc) is 2.69. The standard InChI is InChI=1S/C22H22N2O3/c1-27-20(16-9-3-2-4-10-16)22(26)24-19(21(23)25)14-17-12-7-11-15-8-5-6-13-18(15)17/h2-13,19-20H,14H2,1H3,(H2,23,25)(H,24,26)/t19-,20-/m0/s1. The molecule has 0 spiro atoms. The van der Waals surface area contributed by atoms with Gasteiger partial charge in [-0.05, 0) is 21.9 Å². The number of hydrogen-bond donors (Lipinski definition) is 2. The molecule has 0 fully saturated rings. The summed E-state index contributed by atoms with van der Waals surface area (Å²) in [6.07, 6.45) is -0.492. The van der Waals surface area contributed by atoms with E-state index >= 15 is 0 Å². The number of nitrogens with one attached hydrogen (secondary N) is 1. The van der Waals surface area contributed by atoms with Crippen molar-refractivity contribution < 1.29 is 14.3 Å². The smallest absolute Gasteiger partial charge is 0.254 e. The van der Waals surface area contributed by atoms with Gasteiger partial charge in [-0.2, -0.15) is 0 Å². The summed E-state index contributed by atoms with van der Waals surface area (Å²) in [7, 11) is 1.46. The molecular weight excluding hydrogens is 340 g/mol. The molecule has 3 rings (SSSR count). The van der Waals surface area contributed by atoms with Crippen LogP contribution in [0.25, 0.3) is 10.8 Å². The van der Waals surface area contributed by atoms with Crippen LogP contribution in [0.4, 0.5) is 0 Å². The molecule has 0 unspecified atom stereocenters. The topological polar surface area (TPSA) is 81.4 Å². The van der Waals surface area contributed by atoms with E-state index in [1.807, 2.05) is 60.7 Å². The van der Waals surface area contributed by atoms with Gasteiger partial charge in [-0.1, -0.05) is 72.8 Å².